The molecule has 0 aromatic rings. The zero-order valence-corrected chi connectivity index (χ0v) is 17.1. The number of rotatable bonds is 6. The van der Waals surface area contributed by atoms with Crippen molar-refractivity contribution >= 4 is 17.8 Å². The number of esters is 1. The van der Waals surface area contributed by atoms with Gasteiger partial charge in [-0.25, -0.2) is 0 Å². The summed E-state index contributed by atoms with van der Waals surface area (Å²) in [6.45, 7) is 3.92. The molecule has 6 heteroatoms. The number of ether oxygens (including phenoxy) is 1. The highest BCUT2D eigenvalue weighted by atomic mass is 16.5. The van der Waals surface area contributed by atoms with Crippen LogP contribution in [0.2, 0.25) is 0 Å². The van der Waals surface area contributed by atoms with Gasteiger partial charge in [0.05, 0.1) is 5.41 Å². The van der Waals surface area contributed by atoms with E-state index >= 15 is 0 Å². The number of nitrogens with zero attached hydrogens (tertiary/aromatic N) is 1. The van der Waals surface area contributed by atoms with Crippen LogP contribution in [-0.2, 0) is 19.1 Å². The van der Waals surface area contributed by atoms with Crippen LogP contribution in [0.15, 0.2) is 11.8 Å². The second-order valence-corrected chi connectivity index (χ2v) is 9.50. The summed E-state index contributed by atoms with van der Waals surface area (Å²) in [6, 6.07) is 0. The van der Waals surface area contributed by atoms with E-state index in [1.165, 1.54) is 0 Å². The number of hydrogen-bond donors (Lipinski definition) is 1. The Kier molecular flexibility index (Phi) is 5.00. The molecule has 0 spiro atoms. The summed E-state index contributed by atoms with van der Waals surface area (Å²) in [6.07, 6.45) is 10.5. The molecule has 0 heterocycles. The van der Waals surface area contributed by atoms with E-state index in [4.69, 9.17) is 4.74 Å². The van der Waals surface area contributed by atoms with Crippen molar-refractivity contribution in [3.8, 4) is 0 Å². The summed E-state index contributed by atoms with van der Waals surface area (Å²) in [5, 5.41) is 3.17. The first kappa shape index (κ1) is 19.5. The quantitative estimate of drug-likeness (QED) is 0.710. The molecule has 2 unspecified atom stereocenters. The molecular formula is C22H32N2O4. The fraction of sp³-hybridized carbons (Fsp3) is 0.773. The average Bonchev–Trinajstić information content (AvgIpc) is 3.12. The minimum Gasteiger partial charge on any atom is -0.455 e. The van der Waals surface area contributed by atoms with E-state index < -0.39 is 5.41 Å². The summed E-state index contributed by atoms with van der Waals surface area (Å²) in [7, 11) is 0. The van der Waals surface area contributed by atoms with E-state index in [1.54, 1.807) is 11.8 Å². The van der Waals surface area contributed by atoms with Crippen molar-refractivity contribution in [2.75, 3.05) is 13.2 Å². The third-order valence-corrected chi connectivity index (χ3v) is 7.24. The second-order valence-electron chi connectivity index (χ2n) is 9.50. The van der Waals surface area contributed by atoms with Crippen LogP contribution in [0.5, 0.6) is 0 Å². The Balaban J connectivity index is 1.43. The second kappa shape index (κ2) is 7.20. The molecule has 0 aliphatic heterocycles. The van der Waals surface area contributed by atoms with Gasteiger partial charge < -0.3 is 15.0 Å². The molecule has 0 radical (unpaired) electrons. The number of carbonyl (C=O) groups is 3. The maximum atomic E-state index is 13.1. The maximum Gasteiger partial charge on any atom is 0.312 e. The number of amides is 2. The highest BCUT2D eigenvalue weighted by molar-refractivity contribution is 5.84. The van der Waals surface area contributed by atoms with Crippen molar-refractivity contribution in [3.05, 3.63) is 11.8 Å². The van der Waals surface area contributed by atoms with Gasteiger partial charge in [-0.1, -0.05) is 6.08 Å². The van der Waals surface area contributed by atoms with Crippen LogP contribution in [0.3, 0.4) is 0 Å². The predicted octanol–water partition coefficient (Wildman–Crippen LogP) is 2.92. The third-order valence-electron chi connectivity index (χ3n) is 7.24. The lowest BCUT2D eigenvalue weighted by Gasteiger charge is -2.60. The van der Waals surface area contributed by atoms with Crippen LogP contribution in [-0.4, -0.2) is 41.4 Å². The monoisotopic (exact) mass is 388 g/mol. The van der Waals surface area contributed by atoms with Gasteiger partial charge in [0.2, 0.25) is 5.91 Å². The zero-order valence-electron chi connectivity index (χ0n) is 17.1. The van der Waals surface area contributed by atoms with E-state index in [1.807, 2.05) is 6.92 Å². The molecule has 28 heavy (non-hydrogen) atoms. The lowest BCUT2D eigenvalue weighted by molar-refractivity contribution is -0.178. The van der Waals surface area contributed by atoms with Crippen LogP contribution in [0.4, 0.5) is 0 Å². The molecule has 154 valence electrons. The highest BCUT2D eigenvalue weighted by Gasteiger charge is 2.61. The fourth-order valence-electron chi connectivity index (χ4n) is 6.82. The number of allylic oxidation sites excluding steroid dienone is 2. The third kappa shape index (κ3) is 3.46. The van der Waals surface area contributed by atoms with Gasteiger partial charge in [0.15, 0.2) is 6.61 Å². The summed E-state index contributed by atoms with van der Waals surface area (Å²) >= 11 is 0. The van der Waals surface area contributed by atoms with Crippen LogP contribution in [0.1, 0.15) is 71.6 Å². The van der Waals surface area contributed by atoms with Crippen LogP contribution < -0.4 is 5.32 Å². The van der Waals surface area contributed by atoms with E-state index in [0.29, 0.717) is 24.8 Å². The Morgan fingerprint density at radius 3 is 2.50 bits per heavy atom. The lowest BCUT2D eigenvalue weighted by Crippen LogP contribution is -2.64. The molecule has 2 amide bonds. The molecular weight excluding hydrogens is 356 g/mol. The van der Waals surface area contributed by atoms with Gasteiger partial charge in [0.1, 0.15) is 0 Å². The first-order valence-corrected chi connectivity index (χ1v) is 10.8. The molecule has 4 bridgehead atoms. The molecule has 5 rings (SSSR count). The molecule has 4 fully saturated rings. The highest BCUT2D eigenvalue weighted by Crippen LogP contribution is 2.62. The maximum absolute atomic E-state index is 13.1. The van der Waals surface area contributed by atoms with Gasteiger partial charge in [-0.2, -0.15) is 0 Å². The van der Waals surface area contributed by atoms with Gasteiger partial charge in [0.25, 0.3) is 5.91 Å². The zero-order chi connectivity index (χ0) is 19.9. The van der Waals surface area contributed by atoms with E-state index in [-0.39, 0.29) is 29.9 Å². The van der Waals surface area contributed by atoms with E-state index in [0.717, 1.165) is 57.1 Å². The molecule has 5 aliphatic rings. The summed E-state index contributed by atoms with van der Waals surface area (Å²) in [5.74, 6) is 0.537. The SMILES string of the molecule is CCN(C(=O)COC(=O)C12CC3CC(CC(NC(C)=O)(C3)C1)C2)C1=CCCC1. The molecule has 0 saturated heterocycles. The Hall–Kier alpha value is -1.85. The van der Waals surface area contributed by atoms with Crippen LogP contribution >= 0.6 is 0 Å². The number of carbonyl (C=O) groups excluding carboxylic acids is 3. The molecule has 4 saturated carbocycles. The standard InChI is InChI=1S/C22H32N2O4/c1-3-24(18-6-4-5-7-18)19(26)13-28-20(27)21-9-16-8-17(10-21)12-22(11-16,14-21)23-15(2)25/h6,16-17H,3-5,7-14H2,1-2H3,(H,23,25). The molecule has 0 aromatic heterocycles. The smallest absolute Gasteiger partial charge is 0.312 e. The minimum atomic E-state index is -0.531. The number of hydrogen-bond acceptors (Lipinski definition) is 4. The molecule has 0 aromatic carbocycles. The topological polar surface area (TPSA) is 75.7 Å². The largest absolute Gasteiger partial charge is 0.455 e. The summed E-state index contributed by atoms with van der Waals surface area (Å²) < 4.78 is 5.61. The molecule has 6 nitrogen and oxygen atoms in total. The van der Waals surface area contributed by atoms with Gasteiger partial charge in [0, 0.05) is 24.7 Å². The lowest BCUT2D eigenvalue weighted by atomic mass is 9.47. The Labute approximate surface area is 167 Å². The molecule has 2 atom stereocenters. The van der Waals surface area contributed by atoms with E-state index in [9.17, 15) is 14.4 Å². The number of nitrogens with one attached hydrogen (secondary N) is 1. The van der Waals surface area contributed by atoms with Gasteiger partial charge >= 0.3 is 5.97 Å². The van der Waals surface area contributed by atoms with Gasteiger partial charge in [-0.05, 0) is 76.5 Å². The van der Waals surface area contributed by atoms with Crippen LogP contribution in [0.25, 0.3) is 0 Å². The fourth-order valence-corrected chi connectivity index (χ4v) is 6.82. The first-order chi connectivity index (χ1) is 13.3. The predicted molar refractivity (Wildman–Crippen MR) is 104 cm³/mol. The summed E-state index contributed by atoms with van der Waals surface area (Å²) in [5.41, 5.74) is 0.266. The van der Waals surface area contributed by atoms with Gasteiger partial charge in [-0.3, -0.25) is 14.4 Å². The van der Waals surface area contributed by atoms with Crippen molar-refractivity contribution in [3.63, 3.8) is 0 Å². The average molecular weight is 389 g/mol. The van der Waals surface area contributed by atoms with Crippen molar-refractivity contribution in [2.24, 2.45) is 17.3 Å². The Morgan fingerprint density at radius 1 is 1.21 bits per heavy atom. The van der Waals surface area contributed by atoms with E-state index in [2.05, 4.69) is 11.4 Å². The van der Waals surface area contributed by atoms with Crippen LogP contribution in [0, 0.1) is 17.3 Å². The van der Waals surface area contributed by atoms with Crippen molar-refractivity contribution in [2.45, 2.75) is 77.2 Å². The van der Waals surface area contributed by atoms with Crippen molar-refractivity contribution < 1.29 is 19.1 Å². The van der Waals surface area contributed by atoms with Gasteiger partial charge in [-0.15, -0.1) is 0 Å². The summed E-state index contributed by atoms with van der Waals surface area (Å²) in [4.78, 5) is 39.3. The van der Waals surface area contributed by atoms with Crippen molar-refractivity contribution in [1.29, 1.82) is 0 Å². The van der Waals surface area contributed by atoms with Crippen molar-refractivity contribution in [1.82, 2.24) is 10.2 Å². The number of likely N-dealkylation sites (N-methyl/N-ethyl adjacent to an activating group) is 1. The molecule has 1 N–H and O–H groups in total. The Morgan fingerprint density at radius 2 is 1.93 bits per heavy atom. The normalized spacial score (nSPS) is 35.4. The Bertz CT molecular complexity index is 699. The minimum absolute atomic E-state index is 0.0240. The molecule has 5 aliphatic carbocycles. The first-order valence-electron chi connectivity index (χ1n) is 10.8.